The fourth-order valence-electron chi connectivity index (χ4n) is 4.21. The second kappa shape index (κ2) is 9.60. The van der Waals surface area contributed by atoms with Gasteiger partial charge in [-0.05, 0) is 62.9 Å². The molecule has 7 nitrogen and oxygen atoms in total. The molecular weight excluding hydrogens is 450 g/mol. The predicted octanol–water partition coefficient (Wildman–Crippen LogP) is 4.26. The van der Waals surface area contributed by atoms with Crippen molar-refractivity contribution in [2.24, 2.45) is 5.92 Å². The van der Waals surface area contributed by atoms with Crippen molar-refractivity contribution < 1.29 is 18.0 Å². The topological polar surface area (TPSA) is 95.6 Å². The summed E-state index contributed by atoms with van der Waals surface area (Å²) >= 11 is 6.05. The molecule has 1 fully saturated rings. The number of carbonyl (C=O) groups is 2. The number of hydrogen-bond donors (Lipinski definition) is 2. The highest BCUT2D eigenvalue weighted by molar-refractivity contribution is 7.89. The average molecular weight is 478 g/mol. The summed E-state index contributed by atoms with van der Waals surface area (Å²) in [6.07, 6.45) is 0.816. The number of benzene rings is 2. The number of rotatable bonds is 5. The minimum atomic E-state index is -3.64. The maximum Gasteiger partial charge on any atom is 0.243 e. The molecule has 172 valence electrons. The molecule has 1 aliphatic heterocycles. The van der Waals surface area contributed by atoms with E-state index in [-0.39, 0.29) is 30.8 Å². The van der Waals surface area contributed by atoms with E-state index in [1.807, 2.05) is 32.9 Å². The average Bonchev–Trinajstić information content (AvgIpc) is 2.69. The molecule has 0 radical (unpaired) electrons. The van der Waals surface area contributed by atoms with Gasteiger partial charge in [-0.15, -0.1) is 0 Å². The van der Waals surface area contributed by atoms with E-state index >= 15 is 0 Å². The molecule has 1 aliphatic rings. The Morgan fingerprint density at radius 3 is 2.12 bits per heavy atom. The van der Waals surface area contributed by atoms with Crippen LogP contribution in [-0.4, -0.2) is 37.6 Å². The third-order valence-corrected chi connectivity index (χ3v) is 8.02. The Morgan fingerprint density at radius 2 is 1.56 bits per heavy atom. The van der Waals surface area contributed by atoms with E-state index in [9.17, 15) is 18.0 Å². The van der Waals surface area contributed by atoms with E-state index in [2.05, 4.69) is 10.6 Å². The van der Waals surface area contributed by atoms with Gasteiger partial charge >= 0.3 is 0 Å². The van der Waals surface area contributed by atoms with Crippen LogP contribution in [0.15, 0.2) is 35.2 Å². The van der Waals surface area contributed by atoms with Crippen LogP contribution in [0.3, 0.4) is 0 Å². The summed E-state index contributed by atoms with van der Waals surface area (Å²) in [6.45, 7) is 7.48. The lowest BCUT2D eigenvalue weighted by Crippen LogP contribution is -2.41. The Balaban J connectivity index is 1.71. The predicted molar refractivity (Wildman–Crippen MR) is 127 cm³/mol. The number of halogens is 1. The quantitative estimate of drug-likeness (QED) is 0.672. The van der Waals surface area contributed by atoms with Gasteiger partial charge < -0.3 is 10.6 Å². The second-order valence-corrected chi connectivity index (χ2v) is 10.6. The number of nitrogens with zero attached hydrogens (tertiary/aromatic N) is 1. The van der Waals surface area contributed by atoms with Gasteiger partial charge in [-0.2, -0.15) is 4.31 Å². The summed E-state index contributed by atoms with van der Waals surface area (Å²) in [7, 11) is -3.64. The van der Waals surface area contributed by atoms with Gasteiger partial charge in [0.1, 0.15) is 0 Å². The first-order valence-corrected chi connectivity index (χ1v) is 12.3. The summed E-state index contributed by atoms with van der Waals surface area (Å²) in [5, 5.41) is 5.93. The molecular formula is C23H28ClN3O4S. The van der Waals surface area contributed by atoms with Crippen LogP contribution in [0.5, 0.6) is 0 Å². The first kappa shape index (κ1) is 24.2. The molecule has 0 spiro atoms. The summed E-state index contributed by atoms with van der Waals surface area (Å²) < 4.78 is 28.0. The summed E-state index contributed by atoms with van der Waals surface area (Å²) in [5.74, 6) is -0.826. The normalized spacial score (nSPS) is 15.4. The fraction of sp³-hybridized carbons (Fsp3) is 0.391. The smallest absolute Gasteiger partial charge is 0.243 e. The van der Waals surface area contributed by atoms with Gasteiger partial charge in [0.2, 0.25) is 21.8 Å². The second-order valence-electron chi connectivity index (χ2n) is 8.27. The van der Waals surface area contributed by atoms with Gasteiger partial charge in [0.25, 0.3) is 0 Å². The Kier molecular flexibility index (Phi) is 7.27. The van der Waals surface area contributed by atoms with Crippen molar-refractivity contribution in [3.05, 3.63) is 52.0 Å². The van der Waals surface area contributed by atoms with Gasteiger partial charge in [0.15, 0.2) is 0 Å². The minimum Gasteiger partial charge on any atom is -0.325 e. The van der Waals surface area contributed by atoms with Crippen LogP contribution in [-0.2, 0) is 19.6 Å². The molecule has 32 heavy (non-hydrogen) atoms. The minimum absolute atomic E-state index is 0.224. The van der Waals surface area contributed by atoms with Crippen molar-refractivity contribution in [3.8, 4) is 0 Å². The first-order valence-electron chi connectivity index (χ1n) is 10.4. The molecule has 0 aliphatic carbocycles. The van der Waals surface area contributed by atoms with Gasteiger partial charge in [0, 0.05) is 31.0 Å². The van der Waals surface area contributed by atoms with E-state index in [0.717, 1.165) is 16.7 Å². The van der Waals surface area contributed by atoms with Crippen LogP contribution in [0, 0.1) is 26.7 Å². The lowest BCUT2D eigenvalue weighted by atomic mass is 9.97. The standard InChI is InChI=1S/C23H28ClN3O4S/c1-14-11-15(2)22(16(3)12-14)32(30,31)27-9-7-18(8-10-27)23(29)26-21-13-19(24)5-6-20(21)25-17(4)28/h5-6,11-13,18H,7-10H2,1-4H3,(H,25,28)(H,26,29). The molecule has 9 heteroatoms. The summed E-state index contributed by atoms with van der Waals surface area (Å²) in [4.78, 5) is 24.6. The van der Waals surface area contributed by atoms with Crippen LogP contribution >= 0.6 is 11.6 Å². The van der Waals surface area contributed by atoms with Crippen molar-refractivity contribution in [2.75, 3.05) is 23.7 Å². The molecule has 2 aromatic carbocycles. The Labute approximate surface area is 194 Å². The largest absolute Gasteiger partial charge is 0.325 e. The lowest BCUT2D eigenvalue weighted by Gasteiger charge is -2.31. The number of amides is 2. The molecule has 1 saturated heterocycles. The molecule has 0 bridgehead atoms. The van der Waals surface area contributed by atoms with Crippen LogP contribution in [0.2, 0.25) is 5.02 Å². The van der Waals surface area contributed by atoms with E-state index in [0.29, 0.717) is 34.1 Å². The fourth-order valence-corrected chi connectivity index (χ4v) is 6.27. The number of carbonyl (C=O) groups excluding carboxylic acids is 2. The van der Waals surface area contributed by atoms with Crippen molar-refractivity contribution >= 4 is 44.8 Å². The molecule has 0 unspecified atom stereocenters. The number of piperidine rings is 1. The lowest BCUT2D eigenvalue weighted by molar-refractivity contribution is -0.121. The summed E-state index contributed by atoms with van der Waals surface area (Å²) in [5.41, 5.74) is 3.36. The number of aryl methyl sites for hydroxylation is 3. The third-order valence-electron chi connectivity index (χ3n) is 5.58. The van der Waals surface area contributed by atoms with Crippen LogP contribution in [0.25, 0.3) is 0 Å². The van der Waals surface area contributed by atoms with Crippen LogP contribution < -0.4 is 10.6 Å². The molecule has 2 N–H and O–H groups in total. The highest BCUT2D eigenvalue weighted by Crippen LogP contribution is 2.31. The number of hydrogen-bond acceptors (Lipinski definition) is 4. The third kappa shape index (κ3) is 5.31. The molecule has 3 rings (SSSR count). The van der Waals surface area contributed by atoms with Crippen molar-refractivity contribution in [2.45, 2.75) is 45.4 Å². The molecule has 2 aromatic rings. The summed E-state index contributed by atoms with van der Waals surface area (Å²) in [6, 6.07) is 8.57. The monoisotopic (exact) mass is 477 g/mol. The SMILES string of the molecule is CC(=O)Nc1ccc(Cl)cc1NC(=O)C1CCN(S(=O)(=O)c2c(C)cc(C)cc2C)CC1. The first-order chi connectivity index (χ1) is 15.0. The van der Waals surface area contributed by atoms with Crippen molar-refractivity contribution in [1.29, 1.82) is 0 Å². The van der Waals surface area contributed by atoms with Crippen LogP contribution in [0.1, 0.15) is 36.5 Å². The van der Waals surface area contributed by atoms with Crippen LogP contribution in [0.4, 0.5) is 11.4 Å². The zero-order valence-electron chi connectivity index (χ0n) is 18.7. The maximum absolute atomic E-state index is 13.3. The van der Waals surface area contributed by atoms with Gasteiger partial charge in [-0.1, -0.05) is 29.3 Å². The Hall–Kier alpha value is -2.42. The number of sulfonamides is 1. The molecule has 0 atom stereocenters. The molecule has 0 aromatic heterocycles. The number of anilines is 2. The Bertz CT molecular complexity index is 1130. The Morgan fingerprint density at radius 1 is 0.969 bits per heavy atom. The zero-order chi connectivity index (χ0) is 23.6. The van der Waals surface area contributed by atoms with Gasteiger partial charge in [-0.25, -0.2) is 8.42 Å². The van der Waals surface area contributed by atoms with E-state index in [1.54, 1.807) is 18.2 Å². The highest BCUT2D eigenvalue weighted by Gasteiger charge is 2.34. The maximum atomic E-state index is 13.3. The zero-order valence-corrected chi connectivity index (χ0v) is 20.2. The van der Waals surface area contributed by atoms with Crippen molar-refractivity contribution in [3.63, 3.8) is 0 Å². The van der Waals surface area contributed by atoms with Crippen molar-refractivity contribution in [1.82, 2.24) is 4.31 Å². The van der Waals surface area contributed by atoms with E-state index in [1.165, 1.54) is 11.2 Å². The molecule has 2 amide bonds. The number of nitrogens with one attached hydrogen (secondary N) is 2. The van der Waals surface area contributed by atoms with E-state index < -0.39 is 10.0 Å². The molecule has 1 heterocycles. The highest BCUT2D eigenvalue weighted by atomic mass is 35.5. The van der Waals surface area contributed by atoms with E-state index in [4.69, 9.17) is 11.6 Å². The van der Waals surface area contributed by atoms with Gasteiger partial charge in [0.05, 0.1) is 16.3 Å². The van der Waals surface area contributed by atoms with Gasteiger partial charge in [-0.3, -0.25) is 9.59 Å². The molecule has 0 saturated carbocycles.